The predicted octanol–water partition coefficient (Wildman–Crippen LogP) is 0.302. The Labute approximate surface area is 136 Å². The van der Waals surface area contributed by atoms with Gasteiger partial charge in [-0.05, 0) is 34.7 Å². The third-order valence-electron chi connectivity index (χ3n) is 3.19. The molecule has 0 aliphatic heterocycles. The van der Waals surface area contributed by atoms with Crippen LogP contribution in [-0.2, 0) is 11.3 Å². The van der Waals surface area contributed by atoms with E-state index in [-0.39, 0.29) is 19.0 Å². The van der Waals surface area contributed by atoms with Crippen molar-refractivity contribution in [3.05, 3.63) is 60.3 Å². The van der Waals surface area contributed by atoms with E-state index >= 15 is 0 Å². The molecule has 0 saturated heterocycles. The molecule has 2 N–H and O–H groups in total. The molecule has 2 aromatic heterocycles. The number of carbonyl (C=O) groups is 2. The molecular weight excluding hydrogens is 312 g/mol. The van der Waals surface area contributed by atoms with Gasteiger partial charge in [-0.1, -0.05) is 12.1 Å². The number of amides is 2. The van der Waals surface area contributed by atoms with E-state index in [1.54, 1.807) is 36.4 Å². The maximum Gasteiger partial charge on any atom is 0.253 e. The molecule has 0 unspecified atom stereocenters. The molecule has 24 heavy (non-hydrogen) atoms. The van der Waals surface area contributed by atoms with E-state index in [2.05, 4.69) is 26.2 Å². The zero-order valence-electron chi connectivity index (χ0n) is 12.5. The lowest BCUT2D eigenvalue weighted by Crippen LogP contribution is -2.36. The second kappa shape index (κ2) is 7.18. The lowest BCUT2D eigenvalue weighted by molar-refractivity contribution is -0.120. The van der Waals surface area contributed by atoms with Gasteiger partial charge in [-0.25, -0.2) is 0 Å². The molecule has 2 amide bonds. The minimum Gasteiger partial charge on any atom is -0.467 e. The number of carbonyl (C=O) groups excluding carboxylic acids is 2. The first kappa shape index (κ1) is 15.4. The summed E-state index contributed by atoms with van der Waals surface area (Å²) in [4.78, 5) is 24.1. The first-order valence-corrected chi connectivity index (χ1v) is 7.13. The van der Waals surface area contributed by atoms with Gasteiger partial charge in [0.2, 0.25) is 5.91 Å². The standard InChI is InChI=1S/C15H14N6O3/c22-14(16-8-11-4-3-7-24-11)9-17-15(23)12-5-1-2-6-13(12)21-10-18-19-20-21/h1-7,10H,8-9H2,(H,16,22)(H,17,23). The number of benzene rings is 1. The molecule has 0 bridgehead atoms. The zero-order valence-corrected chi connectivity index (χ0v) is 12.5. The Balaban J connectivity index is 1.58. The van der Waals surface area contributed by atoms with Gasteiger partial charge in [-0.3, -0.25) is 9.59 Å². The molecule has 0 aliphatic carbocycles. The highest BCUT2D eigenvalue weighted by molar-refractivity contribution is 5.99. The van der Waals surface area contributed by atoms with Crippen LogP contribution in [0, 0.1) is 0 Å². The van der Waals surface area contributed by atoms with Gasteiger partial charge in [0, 0.05) is 0 Å². The van der Waals surface area contributed by atoms with E-state index in [1.165, 1.54) is 17.3 Å². The molecule has 0 spiro atoms. The van der Waals surface area contributed by atoms with E-state index in [1.807, 2.05) is 0 Å². The molecule has 0 fully saturated rings. The summed E-state index contributed by atoms with van der Waals surface area (Å²) in [5.74, 6) is -0.0763. The smallest absolute Gasteiger partial charge is 0.253 e. The summed E-state index contributed by atoms with van der Waals surface area (Å²) in [7, 11) is 0. The van der Waals surface area contributed by atoms with Crippen LogP contribution in [0.1, 0.15) is 16.1 Å². The van der Waals surface area contributed by atoms with Crippen LogP contribution in [-0.4, -0.2) is 38.6 Å². The van der Waals surface area contributed by atoms with Gasteiger partial charge in [-0.15, -0.1) is 5.10 Å². The average molecular weight is 326 g/mol. The number of hydrogen-bond donors (Lipinski definition) is 2. The number of furan rings is 1. The van der Waals surface area contributed by atoms with Crippen molar-refractivity contribution in [3.8, 4) is 5.69 Å². The summed E-state index contributed by atoms with van der Waals surface area (Å²) in [6.07, 6.45) is 2.92. The van der Waals surface area contributed by atoms with Gasteiger partial charge >= 0.3 is 0 Å². The summed E-state index contributed by atoms with van der Waals surface area (Å²) in [6.45, 7) is 0.117. The van der Waals surface area contributed by atoms with E-state index in [9.17, 15) is 9.59 Å². The lowest BCUT2D eigenvalue weighted by Gasteiger charge is -2.09. The molecule has 2 heterocycles. The number of rotatable bonds is 6. The van der Waals surface area contributed by atoms with Gasteiger partial charge in [0.1, 0.15) is 12.1 Å². The molecule has 122 valence electrons. The van der Waals surface area contributed by atoms with Crippen LogP contribution in [0.3, 0.4) is 0 Å². The Morgan fingerprint density at radius 2 is 2.00 bits per heavy atom. The van der Waals surface area contributed by atoms with Crippen molar-refractivity contribution in [1.29, 1.82) is 0 Å². The summed E-state index contributed by atoms with van der Waals surface area (Å²) in [6, 6.07) is 10.3. The van der Waals surface area contributed by atoms with Gasteiger partial charge < -0.3 is 15.1 Å². The molecule has 9 heteroatoms. The van der Waals surface area contributed by atoms with Crippen molar-refractivity contribution in [2.75, 3.05) is 6.54 Å². The Morgan fingerprint density at radius 1 is 1.12 bits per heavy atom. The van der Waals surface area contributed by atoms with Crippen molar-refractivity contribution in [2.24, 2.45) is 0 Å². The molecular formula is C15H14N6O3. The second-order valence-corrected chi connectivity index (χ2v) is 4.81. The topological polar surface area (TPSA) is 115 Å². The lowest BCUT2D eigenvalue weighted by atomic mass is 10.1. The van der Waals surface area contributed by atoms with E-state index in [4.69, 9.17) is 4.42 Å². The van der Waals surface area contributed by atoms with Crippen LogP contribution in [0.15, 0.2) is 53.4 Å². The van der Waals surface area contributed by atoms with E-state index in [0.717, 1.165) is 0 Å². The van der Waals surface area contributed by atoms with Gasteiger partial charge in [0.05, 0.1) is 30.6 Å². The largest absolute Gasteiger partial charge is 0.467 e. The van der Waals surface area contributed by atoms with Crippen molar-refractivity contribution in [1.82, 2.24) is 30.8 Å². The quantitative estimate of drug-likeness (QED) is 0.673. The number of hydrogen-bond acceptors (Lipinski definition) is 6. The van der Waals surface area contributed by atoms with Gasteiger partial charge in [0.25, 0.3) is 5.91 Å². The molecule has 0 atom stereocenters. The maximum absolute atomic E-state index is 12.3. The van der Waals surface area contributed by atoms with Gasteiger partial charge in [-0.2, -0.15) is 4.68 Å². The molecule has 3 rings (SSSR count). The monoisotopic (exact) mass is 326 g/mol. The van der Waals surface area contributed by atoms with Crippen molar-refractivity contribution >= 4 is 11.8 Å². The highest BCUT2D eigenvalue weighted by atomic mass is 16.3. The molecule has 0 aliphatic rings. The minimum atomic E-state index is -0.394. The number of aromatic nitrogens is 4. The number of tetrazole rings is 1. The van der Waals surface area contributed by atoms with E-state index < -0.39 is 5.91 Å². The molecule has 9 nitrogen and oxygen atoms in total. The fourth-order valence-corrected chi connectivity index (χ4v) is 2.05. The van der Waals surface area contributed by atoms with Gasteiger partial charge in [0.15, 0.2) is 0 Å². The first-order chi connectivity index (χ1) is 11.7. The minimum absolute atomic E-state index is 0.149. The Morgan fingerprint density at radius 3 is 2.75 bits per heavy atom. The molecule has 3 aromatic rings. The van der Waals surface area contributed by atoms with E-state index in [0.29, 0.717) is 17.0 Å². The Hall–Kier alpha value is -3.49. The van der Waals surface area contributed by atoms with Crippen molar-refractivity contribution in [3.63, 3.8) is 0 Å². The summed E-state index contributed by atoms with van der Waals surface area (Å²) >= 11 is 0. The van der Waals surface area contributed by atoms with Crippen LogP contribution < -0.4 is 10.6 Å². The fourth-order valence-electron chi connectivity index (χ4n) is 2.05. The maximum atomic E-state index is 12.3. The second-order valence-electron chi connectivity index (χ2n) is 4.81. The normalized spacial score (nSPS) is 10.3. The summed E-state index contributed by atoms with van der Waals surface area (Å²) in [5, 5.41) is 16.1. The molecule has 1 aromatic carbocycles. The molecule has 0 radical (unpaired) electrons. The number of nitrogens with one attached hydrogen (secondary N) is 2. The molecule has 0 saturated carbocycles. The van der Waals surface area contributed by atoms with Crippen LogP contribution in [0.4, 0.5) is 0 Å². The first-order valence-electron chi connectivity index (χ1n) is 7.13. The van der Waals surface area contributed by atoms with Crippen LogP contribution >= 0.6 is 0 Å². The number of para-hydroxylation sites is 1. The SMILES string of the molecule is O=C(CNC(=O)c1ccccc1-n1cnnn1)NCc1ccco1. The van der Waals surface area contributed by atoms with Crippen molar-refractivity contribution in [2.45, 2.75) is 6.54 Å². The van der Waals surface area contributed by atoms with Crippen LogP contribution in [0.25, 0.3) is 5.69 Å². The Bertz CT molecular complexity index is 814. The van der Waals surface area contributed by atoms with Crippen LogP contribution in [0.2, 0.25) is 0 Å². The predicted molar refractivity (Wildman–Crippen MR) is 82.0 cm³/mol. The highest BCUT2D eigenvalue weighted by Gasteiger charge is 2.14. The zero-order chi connectivity index (χ0) is 16.8. The average Bonchev–Trinajstić information content (AvgIpc) is 3.31. The summed E-state index contributed by atoms with van der Waals surface area (Å²) < 4.78 is 6.49. The third-order valence-corrected chi connectivity index (χ3v) is 3.19. The van der Waals surface area contributed by atoms with Crippen LogP contribution in [0.5, 0.6) is 0 Å². The summed E-state index contributed by atoms with van der Waals surface area (Å²) in [5.41, 5.74) is 0.889. The third kappa shape index (κ3) is 3.64. The highest BCUT2D eigenvalue weighted by Crippen LogP contribution is 2.12. The fraction of sp³-hybridized carbons (Fsp3) is 0.133. The van der Waals surface area contributed by atoms with Crippen molar-refractivity contribution < 1.29 is 14.0 Å². The number of nitrogens with zero attached hydrogens (tertiary/aromatic N) is 4. The Kier molecular flexibility index (Phi) is 4.61.